The Balaban J connectivity index is 2.21. The normalized spacial score (nSPS) is 18.6. The SMILES string of the molecule is NC(=S)NN=C(C=Cc1ccccc1)C1(O)CCCCC1. The highest BCUT2D eigenvalue weighted by atomic mass is 32.1. The molecule has 112 valence electrons. The van der Waals surface area contributed by atoms with Crippen LogP contribution in [0.15, 0.2) is 41.5 Å². The Bertz CT molecular complexity index is 534. The molecule has 1 aliphatic rings. The van der Waals surface area contributed by atoms with Crippen LogP contribution in [0.3, 0.4) is 0 Å². The van der Waals surface area contributed by atoms with Gasteiger partial charge in [-0.25, -0.2) is 0 Å². The first-order valence-electron chi connectivity index (χ1n) is 7.19. The van der Waals surface area contributed by atoms with E-state index >= 15 is 0 Å². The number of thiocarbonyl (C=S) groups is 1. The largest absolute Gasteiger partial charge is 0.383 e. The Morgan fingerprint density at radius 2 is 1.90 bits per heavy atom. The van der Waals surface area contributed by atoms with Crippen LogP contribution in [0.25, 0.3) is 6.08 Å². The summed E-state index contributed by atoms with van der Waals surface area (Å²) in [6.45, 7) is 0. The number of rotatable bonds is 4. The zero-order valence-electron chi connectivity index (χ0n) is 12.0. The van der Waals surface area contributed by atoms with E-state index in [0.29, 0.717) is 18.6 Å². The summed E-state index contributed by atoms with van der Waals surface area (Å²) in [5.74, 6) is 0. The van der Waals surface area contributed by atoms with E-state index in [9.17, 15) is 5.11 Å². The van der Waals surface area contributed by atoms with Crippen LogP contribution >= 0.6 is 12.2 Å². The quantitative estimate of drug-likeness (QED) is 0.454. The smallest absolute Gasteiger partial charge is 0.184 e. The van der Waals surface area contributed by atoms with Crippen molar-refractivity contribution in [2.24, 2.45) is 10.8 Å². The van der Waals surface area contributed by atoms with Gasteiger partial charge in [0, 0.05) is 0 Å². The molecule has 0 aliphatic heterocycles. The molecule has 5 heteroatoms. The first kappa shape index (κ1) is 15.7. The summed E-state index contributed by atoms with van der Waals surface area (Å²) in [5.41, 5.74) is 8.75. The monoisotopic (exact) mass is 303 g/mol. The zero-order chi connectivity index (χ0) is 15.1. The second kappa shape index (κ2) is 7.33. The van der Waals surface area contributed by atoms with Gasteiger partial charge in [0.05, 0.1) is 5.71 Å². The van der Waals surface area contributed by atoms with Crippen LogP contribution in [0.2, 0.25) is 0 Å². The van der Waals surface area contributed by atoms with Crippen molar-refractivity contribution in [3.8, 4) is 0 Å². The van der Waals surface area contributed by atoms with E-state index in [2.05, 4.69) is 10.5 Å². The molecule has 0 unspecified atom stereocenters. The van der Waals surface area contributed by atoms with Gasteiger partial charge in [0.15, 0.2) is 5.11 Å². The molecule has 0 saturated heterocycles. The van der Waals surface area contributed by atoms with E-state index in [-0.39, 0.29) is 5.11 Å². The van der Waals surface area contributed by atoms with E-state index < -0.39 is 5.60 Å². The van der Waals surface area contributed by atoms with Crippen molar-refractivity contribution >= 4 is 29.1 Å². The van der Waals surface area contributed by atoms with Gasteiger partial charge in [-0.2, -0.15) is 5.10 Å². The molecule has 4 N–H and O–H groups in total. The molecule has 0 radical (unpaired) electrons. The van der Waals surface area contributed by atoms with E-state index in [1.54, 1.807) is 0 Å². The highest BCUT2D eigenvalue weighted by Gasteiger charge is 2.33. The first-order valence-corrected chi connectivity index (χ1v) is 7.60. The van der Waals surface area contributed by atoms with Crippen LogP contribution in [-0.2, 0) is 0 Å². The molecule has 2 rings (SSSR count). The standard InChI is InChI=1S/C16H21N3OS/c17-15(21)19-18-14(16(20)11-5-2-6-12-16)10-9-13-7-3-1-4-8-13/h1,3-4,7-10,20H,2,5-6,11-12H2,(H3,17,19,21). The highest BCUT2D eigenvalue weighted by Crippen LogP contribution is 2.30. The van der Waals surface area contributed by atoms with Gasteiger partial charge in [0.2, 0.25) is 0 Å². The van der Waals surface area contributed by atoms with E-state index in [4.69, 9.17) is 18.0 Å². The fraction of sp³-hybridized carbons (Fsp3) is 0.375. The lowest BCUT2D eigenvalue weighted by atomic mass is 9.81. The Hall–Kier alpha value is -1.72. The number of nitrogens with two attached hydrogens (primary N) is 1. The van der Waals surface area contributed by atoms with Gasteiger partial charge in [0.25, 0.3) is 0 Å². The molecule has 0 atom stereocenters. The van der Waals surface area contributed by atoms with Crippen molar-refractivity contribution in [3.05, 3.63) is 42.0 Å². The summed E-state index contributed by atoms with van der Waals surface area (Å²) in [6, 6.07) is 9.91. The van der Waals surface area contributed by atoms with Crippen molar-refractivity contribution in [1.29, 1.82) is 0 Å². The molecule has 0 aromatic heterocycles. The Labute approximate surface area is 130 Å². The summed E-state index contributed by atoms with van der Waals surface area (Å²) < 4.78 is 0. The van der Waals surface area contributed by atoms with Gasteiger partial charge < -0.3 is 10.8 Å². The fourth-order valence-electron chi connectivity index (χ4n) is 2.54. The lowest BCUT2D eigenvalue weighted by Gasteiger charge is -2.32. The second-order valence-electron chi connectivity index (χ2n) is 5.31. The molecule has 0 amide bonds. The minimum atomic E-state index is -0.901. The topological polar surface area (TPSA) is 70.6 Å². The molecular formula is C16H21N3OS. The molecule has 1 aromatic carbocycles. The molecule has 1 saturated carbocycles. The summed E-state index contributed by atoms with van der Waals surface area (Å²) in [4.78, 5) is 0. The Morgan fingerprint density at radius 1 is 1.24 bits per heavy atom. The minimum Gasteiger partial charge on any atom is -0.383 e. The zero-order valence-corrected chi connectivity index (χ0v) is 12.8. The molecule has 21 heavy (non-hydrogen) atoms. The summed E-state index contributed by atoms with van der Waals surface area (Å²) in [5, 5.41) is 15.1. The van der Waals surface area contributed by atoms with E-state index in [0.717, 1.165) is 24.8 Å². The minimum absolute atomic E-state index is 0.0972. The average molecular weight is 303 g/mol. The van der Waals surface area contributed by atoms with Gasteiger partial charge in [-0.15, -0.1) is 0 Å². The predicted octanol–water partition coefficient (Wildman–Crippen LogP) is 2.58. The number of hydrogen-bond acceptors (Lipinski definition) is 3. The number of hydrogen-bond donors (Lipinski definition) is 3. The van der Waals surface area contributed by atoms with Crippen LogP contribution in [0.1, 0.15) is 37.7 Å². The van der Waals surface area contributed by atoms with E-state index in [1.807, 2.05) is 42.5 Å². The summed E-state index contributed by atoms with van der Waals surface area (Å²) in [6.07, 6.45) is 8.36. The second-order valence-corrected chi connectivity index (χ2v) is 5.75. The van der Waals surface area contributed by atoms with Crippen molar-refractivity contribution in [1.82, 2.24) is 5.43 Å². The van der Waals surface area contributed by atoms with Crippen molar-refractivity contribution < 1.29 is 5.11 Å². The summed E-state index contributed by atoms with van der Waals surface area (Å²) in [7, 11) is 0. The number of benzene rings is 1. The number of nitrogens with zero attached hydrogens (tertiary/aromatic N) is 1. The maximum atomic E-state index is 10.8. The lowest BCUT2D eigenvalue weighted by molar-refractivity contribution is 0.0715. The number of aliphatic hydroxyl groups is 1. The molecular weight excluding hydrogens is 282 g/mol. The van der Waals surface area contributed by atoms with Gasteiger partial charge in [-0.3, -0.25) is 5.43 Å². The third kappa shape index (κ3) is 4.65. The van der Waals surface area contributed by atoms with Crippen LogP contribution in [-0.4, -0.2) is 21.5 Å². The van der Waals surface area contributed by atoms with Crippen LogP contribution in [0.5, 0.6) is 0 Å². The molecule has 0 heterocycles. The average Bonchev–Trinajstić information content (AvgIpc) is 2.48. The Morgan fingerprint density at radius 3 is 2.52 bits per heavy atom. The third-order valence-corrected chi connectivity index (χ3v) is 3.77. The lowest BCUT2D eigenvalue weighted by Crippen LogP contribution is -2.41. The van der Waals surface area contributed by atoms with Crippen molar-refractivity contribution in [2.75, 3.05) is 0 Å². The molecule has 0 spiro atoms. The molecule has 4 nitrogen and oxygen atoms in total. The maximum absolute atomic E-state index is 10.8. The number of nitrogens with one attached hydrogen (secondary N) is 1. The predicted molar refractivity (Wildman–Crippen MR) is 90.9 cm³/mol. The van der Waals surface area contributed by atoms with Gasteiger partial charge in [0.1, 0.15) is 5.60 Å². The first-order chi connectivity index (χ1) is 10.1. The van der Waals surface area contributed by atoms with Gasteiger partial charge >= 0.3 is 0 Å². The fourth-order valence-corrected chi connectivity index (χ4v) is 2.59. The highest BCUT2D eigenvalue weighted by molar-refractivity contribution is 7.80. The Kier molecular flexibility index (Phi) is 5.47. The van der Waals surface area contributed by atoms with E-state index in [1.165, 1.54) is 0 Å². The molecule has 1 fully saturated rings. The van der Waals surface area contributed by atoms with Crippen LogP contribution in [0.4, 0.5) is 0 Å². The third-order valence-electron chi connectivity index (χ3n) is 3.68. The van der Waals surface area contributed by atoms with Crippen molar-refractivity contribution in [3.63, 3.8) is 0 Å². The summed E-state index contributed by atoms with van der Waals surface area (Å²) >= 11 is 4.78. The van der Waals surface area contributed by atoms with Gasteiger partial charge in [-0.1, -0.05) is 55.7 Å². The van der Waals surface area contributed by atoms with Crippen LogP contribution < -0.4 is 11.2 Å². The maximum Gasteiger partial charge on any atom is 0.184 e. The number of hydrazone groups is 1. The van der Waals surface area contributed by atoms with Crippen molar-refractivity contribution in [2.45, 2.75) is 37.7 Å². The molecule has 1 aliphatic carbocycles. The van der Waals surface area contributed by atoms with Crippen LogP contribution in [0, 0.1) is 0 Å². The van der Waals surface area contributed by atoms with Gasteiger partial charge in [-0.05, 0) is 36.7 Å². The molecule has 1 aromatic rings. The molecule has 0 bridgehead atoms.